The van der Waals surface area contributed by atoms with E-state index in [1.165, 1.54) is 4.90 Å². The van der Waals surface area contributed by atoms with Crippen LogP contribution in [0.1, 0.15) is 6.42 Å². The van der Waals surface area contributed by atoms with Crippen molar-refractivity contribution in [1.29, 1.82) is 0 Å². The van der Waals surface area contributed by atoms with Gasteiger partial charge in [0.1, 0.15) is 6.04 Å². The molecular formula is C10H16N2O7S. The molecule has 1 aliphatic heterocycles. The number of esters is 1. The first-order chi connectivity index (χ1) is 9.25. The van der Waals surface area contributed by atoms with E-state index in [1.54, 1.807) is 0 Å². The number of hydrogen-bond acceptors (Lipinski definition) is 6. The lowest BCUT2D eigenvalue weighted by atomic mass is 10.2. The highest BCUT2D eigenvalue weighted by Gasteiger charge is 2.29. The molecule has 2 N–H and O–H groups in total. The summed E-state index contributed by atoms with van der Waals surface area (Å²) in [6.07, 6.45) is -0.496. The Morgan fingerprint density at radius 1 is 1.30 bits per heavy atom. The number of carbonyl (C=O) groups is 3. The average molecular weight is 308 g/mol. The number of carboxylic acid groups (broad SMARTS) is 1. The molecule has 20 heavy (non-hydrogen) atoms. The van der Waals surface area contributed by atoms with Crippen molar-refractivity contribution >= 4 is 27.8 Å². The van der Waals surface area contributed by atoms with E-state index in [4.69, 9.17) is 5.11 Å². The zero-order valence-electron chi connectivity index (χ0n) is 10.9. The molecule has 0 radical (unpaired) electrons. The number of hydrogen-bond donors (Lipinski definition) is 2. The summed E-state index contributed by atoms with van der Waals surface area (Å²) in [6, 6.07) is -2.12. The molecule has 0 unspecified atom stereocenters. The van der Waals surface area contributed by atoms with Crippen LogP contribution in [-0.4, -0.2) is 74.1 Å². The molecule has 1 rings (SSSR count). The van der Waals surface area contributed by atoms with Gasteiger partial charge in [-0.25, -0.2) is 18.0 Å². The fourth-order valence-corrected chi connectivity index (χ4v) is 2.81. The second-order valence-corrected chi connectivity index (χ2v) is 6.56. The Bertz CT molecular complexity index is 488. The summed E-state index contributed by atoms with van der Waals surface area (Å²) in [7, 11) is -2.02. The maximum absolute atomic E-state index is 11.8. The van der Waals surface area contributed by atoms with E-state index >= 15 is 0 Å². The van der Waals surface area contributed by atoms with E-state index in [1.807, 2.05) is 0 Å². The number of rotatable bonds is 4. The summed E-state index contributed by atoms with van der Waals surface area (Å²) in [4.78, 5) is 35.0. The minimum atomic E-state index is -3.13. The highest BCUT2D eigenvalue weighted by molar-refractivity contribution is 7.91. The maximum atomic E-state index is 11.8. The SMILES string of the molecule is COC(=O)C[C@H](NC(=O)N1CCS(=O)(=O)CC1)C(=O)O. The molecule has 114 valence electrons. The number of ether oxygens (including phenoxy) is 1. The van der Waals surface area contributed by atoms with Gasteiger partial charge in [-0.3, -0.25) is 4.79 Å². The largest absolute Gasteiger partial charge is 0.480 e. The fourth-order valence-electron chi connectivity index (χ4n) is 1.61. The van der Waals surface area contributed by atoms with Gasteiger partial charge in [-0.1, -0.05) is 0 Å². The van der Waals surface area contributed by atoms with Crippen molar-refractivity contribution in [3.05, 3.63) is 0 Å². The van der Waals surface area contributed by atoms with Crippen LogP contribution in [0.4, 0.5) is 4.79 Å². The predicted molar refractivity (Wildman–Crippen MR) is 66.8 cm³/mol. The van der Waals surface area contributed by atoms with Crippen LogP contribution in [0.3, 0.4) is 0 Å². The molecule has 0 aromatic carbocycles. The summed E-state index contributed by atoms with van der Waals surface area (Å²) < 4.78 is 26.8. The lowest BCUT2D eigenvalue weighted by molar-refractivity contribution is -0.147. The fraction of sp³-hybridized carbons (Fsp3) is 0.700. The van der Waals surface area contributed by atoms with Crippen LogP contribution in [0.15, 0.2) is 0 Å². The number of urea groups is 1. The summed E-state index contributed by atoms with van der Waals surface area (Å²) in [6.45, 7) is -0.00252. The van der Waals surface area contributed by atoms with Crippen molar-refractivity contribution in [2.75, 3.05) is 31.7 Å². The van der Waals surface area contributed by atoms with Gasteiger partial charge in [0.25, 0.3) is 0 Å². The number of carboxylic acids is 1. The second kappa shape index (κ2) is 6.55. The number of amides is 2. The van der Waals surface area contributed by atoms with Gasteiger partial charge in [0.2, 0.25) is 0 Å². The molecule has 1 atom stereocenters. The van der Waals surface area contributed by atoms with Crippen LogP contribution >= 0.6 is 0 Å². The maximum Gasteiger partial charge on any atom is 0.326 e. The zero-order chi connectivity index (χ0) is 15.3. The van der Waals surface area contributed by atoms with Crippen LogP contribution in [0.5, 0.6) is 0 Å². The summed E-state index contributed by atoms with van der Waals surface area (Å²) in [5, 5.41) is 11.1. The van der Waals surface area contributed by atoms with Crippen LogP contribution < -0.4 is 5.32 Å². The van der Waals surface area contributed by atoms with E-state index in [2.05, 4.69) is 10.1 Å². The molecule has 0 aromatic heterocycles. The van der Waals surface area contributed by atoms with Crippen molar-refractivity contribution in [1.82, 2.24) is 10.2 Å². The Labute approximate surface area is 115 Å². The quantitative estimate of drug-likeness (QED) is 0.601. The van der Waals surface area contributed by atoms with Gasteiger partial charge in [-0.15, -0.1) is 0 Å². The Morgan fingerprint density at radius 2 is 1.85 bits per heavy atom. The minimum absolute atomic E-state index is 0.00126. The van der Waals surface area contributed by atoms with E-state index in [0.717, 1.165) is 7.11 Å². The number of nitrogens with zero attached hydrogens (tertiary/aromatic N) is 1. The van der Waals surface area contributed by atoms with E-state index < -0.39 is 40.3 Å². The third kappa shape index (κ3) is 4.68. The minimum Gasteiger partial charge on any atom is -0.480 e. The molecule has 0 bridgehead atoms. The number of carbonyl (C=O) groups excluding carboxylic acids is 2. The van der Waals surface area contributed by atoms with Gasteiger partial charge in [-0.05, 0) is 0 Å². The summed E-state index contributed by atoms with van der Waals surface area (Å²) in [5.41, 5.74) is 0. The first-order valence-electron chi connectivity index (χ1n) is 5.80. The van der Waals surface area contributed by atoms with Crippen LogP contribution in [0.25, 0.3) is 0 Å². The van der Waals surface area contributed by atoms with Crippen LogP contribution in [0, 0.1) is 0 Å². The molecule has 0 saturated carbocycles. The Morgan fingerprint density at radius 3 is 2.30 bits per heavy atom. The molecule has 0 aromatic rings. The number of sulfone groups is 1. The molecule has 1 saturated heterocycles. The van der Waals surface area contributed by atoms with E-state index in [0.29, 0.717) is 0 Å². The molecule has 1 heterocycles. The zero-order valence-corrected chi connectivity index (χ0v) is 11.7. The van der Waals surface area contributed by atoms with E-state index in [9.17, 15) is 22.8 Å². The van der Waals surface area contributed by atoms with Gasteiger partial charge in [-0.2, -0.15) is 0 Å². The smallest absolute Gasteiger partial charge is 0.326 e. The number of nitrogens with one attached hydrogen (secondary N) is 1. The molecule has 1 fully saturated rings. The van der Waals surface area contributed by atoms with Gasteiger partial charge < -0.3 is 20.1 Å². The van der Waals surface area contributed by atoms with Crippen molar-refractivity contribution in [3.8, 4) is 0 Å². The Kier molecular flexibility index (Phi) is 5.31. The molecule has 0 spiro atoms. The standard InChI is InChI=1S/C10H16N2O7S/c1-19-8(13)6-7(9(14)15)11-10(16)12-2-4-20(17,18)5-3-12/h7H,2-6H2,1H3,(H,11,16)(H,14,15)/t7-/m0/s1. The van der Waals surface area contributed by atoms with E-state index in [-0.39, 0.29) is 24.6 Å². The van der Waals surface area contributed by atoms with Crippen molar-refractivity contribution in [2.24, 2.45) is 0 Å². The lowest BCUT2D eigenvalue weighted by Crippen LogP contribution is -2.52. The third-order valence-electron chi connectivity index (χ3n) is 2.83. The van der Waals surface area contributed by atoms with Gasteiger partial charge >= 0.3 is 18.0 Å². The number of aliphatic carboxylic acids is 1. The first-order valence-corrected chi connectivity index (χ1v) is 7.63. The second-order valence-electron chi connectivity index (χ2n) is 4.26. The van der Waals surface area contributed by atoms with Gasteiger partial charge in [0.15, 0.2) is 9.84 Å². The van der Waals surface area contributed by atoms with Crippen molar-refractivity contribution < 1.29 is 32.6 Å². The third-order valence-corrected chi connectivity index (χ3v) is 4.44. The first kappa shape index (κ1) is 16.2. The molecule has 10 heteroatoms. The Balaban J connectivity index is 2.58. The summed E-state index contributed by atoms with van der Waals surface area (Å²) >= 11 is 0. The number of methoxy groups -OCH3 is 1. The van der Waals surface area contributed by atoms with Crippen molar-refractivity contribution in [3.63, 3.8) is 0 Å². The Hall–Kier alpha value is -1.84. The lowest BCUT2D eigenvalue weighted by Gasteiger charge is -2.28. The van der Waals surface area contributed by atoms with Crippen LogP contribution in [-0.2, 0) is 24.2 Å². The normalized spacial score (nSPS) is 18.9. The van der Waals surface area contributed by atoms with Gasteiger partial charge in [0, 0.05) is 13.1 Å². The highest BCUT2D eigenvalue weighted by Crippen LogP contribution is 2.05. The summed E-state index contributed by atoms with van der Waals surface area (Å²) in [5.74, 6) is -2.45. The molecule has 1 aliphatic rings. The molecule has 2 amide bonds. The highest BCUT2D eigenvalue weighted by atomic mass is 32.2. The molecular weight excluding hydrogens is 292 g/mol. The molecule has 0 aliphatic carbocycles. The van der Waals surface area contributed by atoms with Crippen LogP contribution in [0.2, 0.25) is 0 Å². The topological polar surface area (TPSA) is 130 Å². The van der Waals surface area contributed by atoms with Gasteiger partial charge in [0.05, 0.1) is 25.0 Å². The average Bonchev–Trinajstić information content (AvgIpc) is 2.37. The van der Waals surface area contributed by atoms with Crippen molar-refractivity contribution in [2.45, 2.75) is 12.5 Å². The predicted octanol–water partition coefficient (Wildman–Crippen LogP) is -1.56. The monoisotopic (exact) mass is 308 g/mol. The molecule has 9 nitrogen and oxygen atoms in total.